The average molecular weight is 374 g/mol. The van der Waals surface area contributed by atoms with E-state index in [4.69, 9.17) is 14.2 Å². The summed E-state index contributed by atoms with van der Waals surface area (Å²) in [6.45, 7) is 10.8. The van der Waals surface area contributed by atoms with Crippen molar-refractivity contribution in [1.82, 2.24) is 9.80 Å². The number of carbonyl (C=O) groups excluding carboxylic acids is 1. The molecule has 27 heavy (non-hydrogen) atoms. The minimum atomic E-state index is -0.536. The van der Waals surface area contributed by atoms with Crippen molar-refractivity contribution in [2.24, 2.45) is 11.8 Å². The molecule has 4 rings (SSSR count). The van der Waals surface area contributed by atoms with Crippen molar-refractivity contribution < 1.29 is 19.0 Å². The third kappa shape index (κ3) is 3.84. The Morgan fingerprint density at radius 2 is 1.67 bits per heavy atom. The van der Waals surface area contributed by atoms with Crippen molar-refractivity contribution in [3.63, 3.8) is 0 Å². The second kappa shape index (κ2) is 7.08. The third-order valence-corrected chi connectivity index (χ3v) is 5.62. The number of carbonyl (C=O) groups is 1. The highest BCUT2D eigenvalue weighted by molar-refractivity contribution is 5.68. The van der Waals surface area contributed by atoms with Crippen LogP contribution in [0, 0.1) is 11.8 Å². The van der Waals surface area contributed by atoms with Crippen LogP contribution < -0.4 is 0 Å². The first-order chi connectivity index (χ1) is 12.9. The van der Waals surface area contributed by atoms with E-state index in [2.05, 4.69) is 29.2 Å². The molecular formula is C21H30N2O4. The first-order valence-electron chi connectivity index (χ1n) is 9.88. The molecular weight excluding hydrogens is 344 g/mol. The van der Waals surface area contributed by atoms with Crippen molar-refractivity contribution in [1.29, 1.82) is 0 Å². The zero-order valence-corrected chi connectivity index (χ0v) is 16.5. The van der Waals surface area contributed by atoms with Gasteiger partial charge in [0.25, 0.3) is 0 Å². The maximum atomic E-state index is 12.6. The van der Waals surface area contributed by atoms with Crippen LogP contribution in [0.3, 0.4) is 0 Å². The fourth-order valence-electron chi connectivity index (χ4n) is 4.62. The normalized spacial score (nSPS) is 27.7. The van der Waals surface area contributed by atoms with Gasteiger partial charge in [-0.3, -0.25) is 4.90 Å². The lowest BCUT2D eigenvalue weighted by atomic mass is 9.78. The summed E-state index contributed by atoms with van der Waals surface area (Å²) in [6, 6.07) is 10.5. The summed E-state index contributed by atoms with van der Waals surface area (Å²) in [6.07, 6.45) is -0.234. The Kier molecular flexibility index (Phi) is 4.91. The van der Waals surface area contributed by atoms with Gasteiger partial charge in [-0.2, -0.15) is 0 Å². The number of piperidine rings is 2. The van der Waals surface area contributed by atoms with Gasteiger partial charge in [0.15, 0.2) is 5.79 Å². The number of nitrogens with zero attached hydrogens (tertiary/aromatic N) is 2. The van der Waals surface area contributed by atoms with Crippen molar-refractivity contribution in [2.75, 3.05) is 39.4 Å². The molecule has 3 aliphatic rings. The van der Waals surface area contributed by atoms with E-state index in [1.807, 2.05) is 31.7 Å². The summed E-state index contributed by atoms with van der Waals surface area (Å²) in [5.41, 5.74) is 0.824. The van der Waals surface area contributed by atoms with E-state index >= 15 is 0 Å². The SMILES string of the molecule is CC(C)(C)OC(=O)N1CC2CN(Cc3ccccc3)C[C@H](C1)C21OCCO1. The Morgan fingerprint density at radius 3 is 2.22 bits per heavy atom. The lowest BCUT2D eigenvalue weighted by Gasteiger charge is -2.54. The largest absolute Gasteiger partial charge is 0.444 e. The van der Waals surface area contributed by atoms with Gasteiger partial charge in [-0.05, 0) is 26.3 Å². The molecule has 6 heteroatoms. The minimum Gasteiger partial charge on any atom is -0.444 e. The second-order valence-electron chi connectivity index (χ2n) is 8.88. The van der Waals surface area contributed by atoms with Gasteiger partial charge < -0.3 is 19.1 Å². The average Bonchev–Trinajstić information content (AvgIpc) is 3.05. The lowest BCUT2D eigenvalue weighted by molar-refractivity contribution is -0.275. The Bertz CT molecular complexity index is 649. The molecule has 2 atom stereocenters. The number of hydrogen-bond donors (Lipinski definition) is 0. The molecule has 0 aliphatic carbocycles. The molecule has 0 aromatic heterocycles. The summed E-state index contributed by atoms with van der Waals surface area (Å²) >= 11 is 0. The van der Waals surface area contributed by atoms with Gasteiger partial charge in [-0.1, -0.05) is 30.3 Å². The molecule has 0 radical (unpaired) electrons. The van der Waals surface area contributed by atoms with Crippen LogP contribution in [0.25, 0.3) is 0 Å². The molecule has 1 aromatic rings. The van der Waals surface area contributed by atoms with Crippen LogP contribution in [0.1, 0.15) is 26.3 Å². The number of benzene rings is 1. The fourth-order valence-corrected chi connectivity index (χ4v) is 4.62. The predicted molar refractivity (Wildman–Crippen MR) is 101 cm³/mol. The van der Waals surface area contributed by atoms with Gasteiger partial charge >= 0.3 is 6.09 Å². The summed E-state index contributed by atoms with van der Waals surface area (Å²) < 4.78 is 17.9. The molecule has 1 unspecified atom stereocenters. The molecule has 3 heterocycles. The van der Waals surface area contributed by atoms with Crippen LogP contribution in [0.4, 0.5) is 4.79 Å². The molecule has 3 aliphatic heterocycles. The smallest absolute Gasteiger partial charge is 0.410 e. The molecule has 6 nitrogen and oxygen atoms in total. The first-order valence-corrected chi connectivity index (χ1v) is 9.88. The van der Waals surface area contributed by atoms with Crippen molar-refractivity contribution in [2.45, 2.75) is 38.7 Å². The number of amides is 1. The molecule has 0 N–H and O–H groups in total. The van der Waals surface area contributed by atoms with Gasteiger partial charge in [0.05, 0.1) is 13.2 Å². The highest BCUT2D eigenvalue weighted by Gasteiger charge is 2.58. The van der Waals surface area contributed by atoms with Gasteiger partial charge in [0, 0.05) is 44.6 Å². The van der Waals surface area contributed by atoms with E-state index in [0.29, 0.717) is 26.3 Å². The highest BCUT2D eigenvalue weighted by atomic mass is 16.7. The molecule has 1 amide bonds. The summed E-state index contributed by atoms with van der Waals surface area (Å²) in [5.74, 6) is -0.279. The summed E-state index contributed by atoms with van der Waals surface area (Å²) in [7, 11) is 0. The molecule has 0 saturated carbocycles. The van der Waals surface area contributed by atoms with Crippen molar-refractivity contribution in [3.8, 4) is 0 Å². The molecule has 2 bridgehead atoms. The van der Waals surface area contributed by atoms with Crippen molar-refractivity contribution in [3.05, 3.63) is 35.9 Å². The van der Waals surface area contributed by atoms with Gasteiger partial charge in [-0.15, -0.1) is 0 Å². The Hall–Kier alpha value is -1.63. The lowest BCUT2D eigenvalue weighted by Crippen LogP contribution is -2.68. The van der Waals surface area contributed by atoms with E-state index in [1.165, 1.54) is 5.56 Å². The number of ether oxygens (including phenoxy) is 3. The second-order valence-corrected chi connectivity index (χ2v) is 8.88. The molecule has 1 aromatic carbocycles. The van der Waals surface area contributed by atoms with Gasteiger partial charge in [0.1, 0.15) is 5.60 Å². The molecule has 3 fully saturated rings. The monoisotopic (exact) mass is 374 g/mol. The van der Waals surface area contributed by atoms with E-state index in [1.54, 1.807) is 0 Å². The number of likely N-dealkylation sites (tertiary alicyclic amines) is 2. The van der Waals surface area contributed by atoms with Crippen LogP contribution in [-0.4, -0.2) is 66.7 Å². The zero-order chi connectivity index (χ0) is 19.1. The number of hydrogen-bond acceptors (Lipinski definition) is 5. The van der Waals surface area contributed by atoms with Crippen LogP contribution in [-0.2, 0) is 20.8 Å². The Balaban J connectivity index is 1.49. The van der Waals surface area contributed by atoms with Crippen LogP contribution in [0.15, 0.2) is 30.3 Å². The maximum Gasteiger partial charge on any atom is 0.410 e. The predicted octanol–water partition coefficient (Wildman–Crippen LogP) is 2.73. The first kappa shape index (κ1) is 18.7. The van der Waals surface area contributed by atoms with E-state index in [9.17, 15) is 4.79 Å². The topological polar surface area (TPSA) is 51.2 Å². The molecule has 1 spiro atoms. The quantitative estimate of drug-likeness (QED) is 0.797. The van der Waals surface area contributed by atoms with E-state index in [-0.39, 0.29) is 17.9 Å². The zero-order valence-electron chi connectivity index (χ0n) is 16.5. The maximum absolute atomic E-state index is 12.6. The summed E-state index contributed by atoms with van der Waals surface area (Å²) in [5, 5.41) is 0. The standard InChI is InChI=1S/C21H30N2O4/c1-20(2,3)27-19(24)23-14-17-12-22(11-16-7-5-4-6-8-16)13-18(15-23)21(17)25-9-10-26-21/h4-8,17-18H,9-15H2,1-3H3/t17-,18?/m1/s1. The van der Waals surface area contributed by atoms with Gasteiger partial charge in [-0.25, -0.2) is 4.79 Å². The van der Waals surface area contributed by atoms with E-state index < -0.39 is 11.4 Å². The van der Waals surface area contributed by atoms with Crippen molar-refractivity contribution >= 4 is 6.09 Å². The highest BCUT2D eigenvalue weighted by Crippen LogP contribution is 2.44. The van der Waals surface area contributed by atoms with Gasteiger partial charge in [0.2, 0.25) is 0 Å². The fraction of sp³-hybridized carbons (Fsp3) is 0.667. The van der Waals surface area contributed by atoms with Crippen LogP contribution >= 0.6 is 0 Å². The minimum absolute atomic E-state index is 0.128. The molecule has 148 valence electrons. The van der Waals surface area contributed by atoms with Crippen LogP contribution in [0.5, 0.6) is 0 Å². The third-order valence-electron chi connectivity index (χ3n) is 5.62. The van der Waals surface area contributed by atoms with E-state index in [0.717, 1.165) is 19.6 Å². The summed E-state index contributed by atoms with van der Waals surface area (Å²) in [4.78, 5) is 16.9. The number of rotatable bonds is 2. The Labute approximate surface area is 161 Å². The van der Waals surface area contributed by atoms with Crippen LogP contribution in [0.2, 0.25) is 0 Å². The Morgan fingerprint density at radius 1 is 1.07 bits per heavy atom. The molecule has 3 saturated heterocycles.